The van der Waals surface area contributed by atoms with Gasteiger partial charge in [-0.05, 0) is 26.0 Å². The van der Waals surface area contributed by atoms with Crippen molar-refractivity contribution in [3.05, 3.63) is 36.2 Å². The van der Waals surface area contributed by atoms with Crippen LogP contribution in [0.2, 0.25) is 0 Å². The zero-order valence-electron chi connectivity index (χ0n) is 14.5. The number of hydrogen-bond acceptors (Lipinski definition) is 6. The van der Waals surface area contributed by atoms with Gasteiger partial charge >= 0.3 is 0 Å². The Labute approximate surface area is 143 Å². The monoisotopic (exact) mass is 330 g/mol. The minimum Gasteiger partial charge on any atom is -0.419 e. The predicted molar refractivity (Wildman–Crippen MR) is 92.7 cm³/mol. The van der Waals surface area contributed by atoms with E-state index in [0.29, 0.717) is 11.8 Å². The first-order chi connectivity index (χ1) is 11.8. The fraction of sp³-hybridized carbons (Fsp3) is 0.556. The third-order valence-electron chi connectivity index (χ3n) is 4.53. The van der Waals surface area contributed by atoms with Gasteiger partial charge in [0.05, 0.1) is 12.6 Å². The lowest BCUT2D eigenvalue weighted by Crippen LogP contribution is -2.48. The number of ether oxygens (including phenoxy) is 1. The predicted octanol–water partition coefficient (Wildman–Crippen LogP) is 2.45. The zero-order chi connectivity index (χ0) is 16.8. The van der Waals surface area contributed by atoms with Gasteiger partial charge in [-0.25, -0.2) is 0 Å². The molecule has 2 aromatic rings. The standard InChI is InChI=1S/C18H26N4O2/c1-3-23-14-13-21-9-11-22(12-10-21)15(2)17-19-20-18(24-17)16-7-5-4-6-8-16/h4-8,15H,3,9-14H2,1-2H3. The second kappa shape index (κ2) is 8.37. The highest BCUT2D eigenvalue weighted by molar-refractivity contribution is 5.51. The first-order valence-corrected chi connectivity index (χ1v) is 8.71. The smallest absolute Gasteiger partial charge is 0.247 e. The Morgan fingerprint density at radius 2 is 1.88 bits per heavy atom. The summed E-state index contributed by atoms with van der Waals surface area (Å²) in [5, 5.41) is 8.45. The van der Waals surface area contributed by atoms with E-state index in [9.17, 15) is 0 Å². The molecule has 0 spiro atoms. The highest BCUT2D eigenvalue weighted by Gasteiger charge is 2.25. The Bertz CT molecular complexity index is 608. The molecule has 6 nitrogen and oxygen atoms in total. The van der Waals surface area contributed by atoms with E-state index >= 15 is 0 Å². The topological polar surface area (TPSA) is 54.6 Å². The maximum atomic E-state index is 5.89. The van der Waals surface area contributed by atoms with Crippen LogP contribution in [0.3, 0.4) is 0 Å². The first-order valence-electron chi connectivity index (χ1n) is 8.71. The zero-order valence-corrected chi connectivity index (χ0v) is 14.5. The van der Waals surface area contributed by atoms with E-state index in [-0.39, 0.29) is 6.04 Å². The summed E-state index contributed by atoms with van der Waals surface area (Å²) in [5.74, 6) is 1.28. The highest BCUT2D eigenvalue weighted by atomic mass is 16.5. The molecule has 1 atom stereocenters. The van der Waals surface area contributed by atoms with Crippen LogP contribution in [0.1, 0.15) is 25.8 Å². The van der Waals surface area contributed by atoms with Gasteiger partial charge in [0.2, 0.25) is 11.8 Å². The van der Waals surface area contributed by atoms with E-state index in [0.717, 1.165) is 51.5 Å². The van der Waals surface area contributed by atoms with E-state index in [4.69, 9.17) is 9.15 Å². The maximum Gasteiger partial charge on any atom is 0.247 e. The molecule has 24 heavy (non-hydrogen) atoms. The lowest BCUT2D eigenvalue weighted by atomic mass is 10.2. The van der Waals surface area contributed by atoms with Crippen LogP contribution in [-0.2, 0) is 4.74 Å². The molecule has 0 amide bonds. The summed E-state index contributed by atoms with van der Waals surface area (Å²) in [4.78, 5) is 4.85. The number of piperazine rings is 1. The van der Waals surface area contributed by atoms with Crippen molar-refractivity contribution in [2.75, 3.05) is 45.9 Å². The van der Waals surface area contributed by atoms with Crippen molar-refractivity contribution in [1.82, 2.24) is 20.0 Å². The van der Waals surface area contributed by atoms with Gasteiger partial charge in [-0.1, -0.05) is 18.2 Å². The Hall–Kier alpha value is -1.76. The van der Waals surface area contributed by atoms with Crippen molar-refractivity contribution >= 4 is 0 Å². The molecule has 1 unspecified atom stereocenters. The Morgan fingerprint density at radius 3 is 2.58 bits per heavy atom. The molecule has 130 valence electrons. The minimum absolute atomic E-state index is 0.143. The van der Waals surface area contributed by atoms with Crippen molar-refractivity contribution in [2.45, 2.75) is 19.9 Å². The Kier molecular flexibility index (Phi) is 5.96. The second-order valence-electron chi connectivity index (χ2n) is 6.06. The fourth-order valence-corrected chi connectivity index (χ4v) is 2.97. The minimum atomic E-state index is 0.143. The molecule has 2 heterocycles. The van der Waals surface area contributed by atoms with Crippen molar-refractivity contribution in [1.29, 1.82) is 0 Å². The van der Waals surface area contributed by atoms with Crippen LogP contribution in [-0.4, -0.2) is 65.9 Å². The molecule has 0 bridgehead atoms. The molecule has 1 fully saturated rings. The maximum absolute atomic E-state index is 5.89. The summed E-state index contributed by atoms with van der Waals surface area (Å²) in [6.45, 7) is 10.9. The van der Waals surface area contributed by atoms with E-state index in [1.165, 1.54) is 0 Å². The van der Waals surface area contributed by atoms with Crippen LogP contribution in [0, 0.1) is 0 Å². The van der Waals surface area contributed by atoms with Gasteiger partial charge in [0.15, 0.2) is 0 Å². The van der Waals surface area contributed by atoms with Crippen molar-refractivity contribution in [2.24, 2.45) is 0 Å². The van der Waals surface area contributed by atoms with E-state index in [1.54, 1.807) is 0 Å². The van der Waals surface area contributed by atoms with Gasteiger partial charge in [0.1, 0.15) is 0 Å². The Balaban J connectivity index is 1.54. The average Bonchev–Trinajstić information content (AvgIpc) is 3.13. The van der Waals surface area contributed by atoms with E-state index in [1.807, 2.05) is 37.3 Å². The number of nitrogens with zero attached hydrogens (tertiary/aromatic N) is 4. The van der Waals surface area contributed by atoms with Crippen molar-refractivity contribution < 1.29 is 9.15 Å². The number of hydrogen-bond donors (Lipinski definition) is 0. The Morgan fingerprint density at radius 1 is 1.12 bits per heavy atom. The number of rotatable bonds is 7. The molecule has 6 heteroatoms. The number of aromatic nitrogens is 2. The van der Waals surface area contributed by atoms with Crippen LogP contribution in [0.15, 0.2) is 34.7 Å². The molecule has 1 aliphatic rings. The van der Waals surface area contributed by atoms with Crippen LogP contribution in [0.4, 0.5) is 0 Å². The fourth-order valence-electron chi connectivity index (χ4n) is 2.97. The summed E-state index contributed by atoms with van der Waals surface area (Å²) in [6, 6.07) is 10.0. The second-order valence-corrected chi connectivity index (χ2v) is 6.06. The summed E-state index contributed by atoms with van der Waals surface area (Å²) in [6.07, 6.45) is 0. The summed E-state index contributed by atoms with van der Waals surface area (Å²) >= 11 is 0. The molecule has 0 radical (unpaired) electrons. The van der Waals surface area contributed by atoms with Crippen molar-refractivity contribution in [3.8, 4) is 11.5 Å². The molecule has 3 rings (SSSR count). The normalized spacial score (nSPS) is 17.9. The molecule has 0 saturated carbocycles. The molecule has 1 aliphatic heterocycles. The van der Waals surface area contributed by atoms with Crippen LogP contribution in [0.25, 0.3) is 11.5 Å². The third-order valence-corrected chi connectivity index (χ3v) is 4.53. The molecule has 0 N–H and O–H groups in total. The quantitative estimate of drug-likeness (QED) is 0.727. The largest absolute Gasteiger partial charge is 0.419 e. The summed E-state index contributed by atoms with van der Waals surface area (Å²) < 4.78 is 11.3. The first kappa shape index (κ1) is 17.1. The van der Waals surface area contributed by atoms with Gasteiger partial charge in [0.25, 0.3) is 0 Å². The third kappa shape index (κ3) is 4.20. The summed E-state index contributed by atoms with van der Waals surface area (Å²) in [7, 11) is 0. The summed E-state index contributed by atoms with van der Waals surface area (Å²) in [5.41, 5.74) is 0.962. The molecule has 1 aromatic carbocycles. The molecular weight excluding hydrogens is 304 g/mol. The SMILES string of the molecule is CCOCCN1CCN(C(C)c2nnc(-c3ccccc3)o2)CC1. The van der Waals surface area contributed by atoms with E-state index in [2.05, 4.69) is 26.9 Å². The highest BCUT2D eigenvalue weighted by Crippen LogP contribution is 2.24. The molecule has 0 aliphatic carbocycles. The van der Waals surface area contributed by atoms with Gasteiger partial charge < -0.3 is 9.15 Å². The number of benzene rings is 1. The lowest BCUT2D eigenvalue weighted by Gasteiger charge is -2.36. The molecular formula is C18H26N4O2. The average molecular weight is 330 g/mol. The lowest BCUT2D eigenvalue weighted by molar-refractivity contribution is 0.0622. The van der Waals surface area contributed by atoms with Crippen LogP contribution >= 0.6 is 0 Å². The van der Waals surface area contributed by atoms with Crippen LogP contribution in [0.5, 0.6) is 0 Å². The van der Waals surface area contributed by atoms with E-state index < -0.39 is 0 Å². The molecule has 1 saturated heterocycles. The van der Waals surface area contributed by atoms with Gasteiger partial charge in [-0.15, -0.1) is 10.2 Å². The van der Waals surface area contributed by atoms with Gasteiger partial charge in [-0.2, -0.15) is 0 Å². The van der Waals surface area contributed by atoms with Gasteiger partial charge in [-0.3, -0.25) is 9.80 Å². The van der Waals surface area contributed by atoms with Crippen LogP contribution < -0.4 is 0 Å². The molecule has 1 aromatic heterocycles. The van der Waals surface area contributed by atoms with Gasteiger partial charge in [0, 0.05) is 44.9 Å². The van der Waals surface area contributed by atoms with Crippen molar-refractivity contribution in [3.63, 3.8) is 0 Å².